The highest BCUT2D eigenvalue weighted by Crippen LogP contribution is 2.50. The summed E-state index contributed by atoms with van der Waals surface area (Å²) in [6, 6.07) is 26.5. The molecule has 2 aliphatic rings. The van der Waals surface area contributed by atoms with Crippen molar-refractivity contribution in [2.75, 3.05) is 39.8 Å². The van der Waals surface area contributed by atoms with Gasteiger partial charge in [0.25, 0.3) is 5.69 Å². The molecular formula is C35H38N4O6. The fourth-order valence-corrected chi connectivity index (χ4v) is 7.03. The van der Waals surface area contributed by atoms with Crippen molar-refractivity contribution in [2.45, 2.75) is 31.7 Å². The van der Waals surface area contributed by atoms with Gasteiger partial charge in [-0.15, -0.1) is 0 Å². The van der Waals surface area contributed by atoms with Gasteiger partial charge in [0.1, 0.15) is 0 Å². The fourth-order valence-electron chi connectivity index (χ4n) is 7.03. The van der Waals surface area contributed by atoms with Gasteiger partial charge in [-0.2, -0.15) is 0 Å². The van der Waals surface area contributed by atoms with E-state index < -0.39 is 22.3 Å². The molecule has 1 fully saturated rings. The minimum Gasteiger partial charge on any atom is -0.478 e. The van der Waals surface area contributed by atoms with E-state index in [1.165, 1.54) is 29.3 Å². The molecule has 0 aliphatic carbocycles. The lowest BCUT2D eigenvalue weighted by atomic mass is 9.63. The lowest BCUT2D eigenvalue weighted by Crippen LogP contribution is -2.50. The van der Waals surface area contributed by atoms with E-state index in [0.717, 1.165) is 13.1 Å². The third kappa shape index (κ3) is 5.99. The largest absolute Gasteiger partial charge is 0.478 e. The molecule has 0 unspecified atom stereocenters. The zero-order valence-electron chi connectivity index (χ0n) is 25.7. The van der Waals surface area contributed by atoms with Gasteiger partial charge in [0.05, 0.1) is 27.5 Å². The molecule has 0 amide bonds. The van der Waals surface area contributed by atoms with Gasteiger partial charge in [-0.25, -0.2) is 9.59 Å². The maximum Gasteiger partial charge on any atom is 0.334 e. The normalized spacial score (nSPS) is 17.6. The number of nitro benzene ring substituents is 1. The lowest BCUT2D eigenvalue weighted by molar-refractivity contribution is -0.385. The molecule has 0 spiro atoms. The molecule has 234 valence electrons. The van der Waals surface area contributed by atoms with Crippen LogP contribution in [0.3, 0.4) is 0 Å². The number of aliphatic carboxylic acids is 2. The van der Waals surface area contributed by atoms with Gasteiger partial charge in [0.15, 0.2) is 0 Å². The second-order valence-corrected chi connectivity index (χ2v) is 11.7. The van der Waals surface area contributed by atoms with E-state index in [4.69, 9.17) is 0 Å². The number of nitrogens with zero attached hydrogens (tertiary/aromatic N) is 4. The average molecular weight is 611 g/mol. The standard InChI is InChI=1S/C35H38N4O6/c1-24-30(33(40)41)35(31(34(42)43)25(2)36(24)3,28-15-10-16-29(23-28)39(44)45)17-18-37-19-21-38(22-20-37)32(26-11-6-4-7-12-26)27-13-8-5-9-14-27/h4-16,23,32H,17-22H2,1-3H3,(H,40,41)(H,42,43). The molecule has 0 bridgehead atoms. The van der Waals surface area contributed by atoms with Gasteiger partial charge in [-0.1, -0.05) is 72.8 Å². The highest BCUT2D eigenvalue weighted by Gasteiger charge is 2.51. The maximum atomic E-state index is 13.0. The summed E-state index contributed by atoms with van der Waals surface area (Å²) < 4.78 is 0. The van der Waals surface area contributed by atoms with Crippen LogP contribution in [0.4, 0.5) is 5.69 Å². The number of hydrogen-bond acceptors (Lipinski definition) is 7. The fraction of sp³-hybridized carbons (Fsp3) is 0.314. The minimum absolute atomic E-state index is 0.0769. The molecule has 3 aromatic rings. The van der Waals surface area contributed by atoms with Crippen LogP contribution in [0, 0.1) is 10.1 Å². The Bertz CT molecular complexity index is 1570. The summed E-state index contributed by atoms with van der Waals surface area (Å²) in [5.41, 5.74) is 1.48. The van der Waals surface area contributed by atoms with Crippen molar-refractivity contribution in [2.24, 2.45) is 0 Å². The van der Waals surface area contributed by atoms with Crippen LogP contribution in [0.5, 0.6) is 0 Å². The lowest BCUT2D eigenvalue weighted by Gasteiger charge is -2.45. The van der Waals surface area contributed by atoms with Gasteiger partial charge in [-0.05, 0) is 43.5 Å². The molecule has 2 N–H and O–H groups in total. The molecule has 0 radical (unpaired) electrons. The number of piperazine rings is 1. The predicted octanol–water partition coefficient (Wildman–Crippen LogP) is 5.29. The number of carboxylic acid groups (broad SMARTS) is 2. The zero-order chi connectivity index (χ0) is 32.3. The van der Waals surface area contributed by atoms with Crippen LogP contribution in [-0.2, 0) is 15.0 Å². The molecule has 2 heterocycles. The first-order chi connectivity index (χ1) is 21.6. The SMILES string of the molecule is CC1=C(C(=O)O)C(CCN2CCN(C(c3ccccc3)c3ccccc3)CC2)(c2cccc([N+](=O)[O-])c2)C(C(=O)O)=C(C)N1C. The predicted molar refractivity (Wildman–Crippen MR) is 171 cm³/mol. The Morgan fingerprint density at radius 1 is 0.822 bits per heavy atom. The Morgan fingerprint density at radius 3 is 1.80 bits per heavy atom. The van der Waals surface area contributed by atoms with Crippen molar-refractivity contribution in [1.82, 2.24) is 14.7 Å². The van der Waals surface area contributed by atoms with Crippen molar-refractivity contribution in [3.05, 3.63) is 134 Å². The number of allylic oxidation sites excluding steroid dienone is 2. The molecule has 5 rings (SSSR count). The maximum absolute atomic E-state index is 13.0. The highest BCUT2D eigenvalue weighted by molar-refractivity contribution is 6.00. The van der Waals surface area contributed by atoms with Crippen LogP contribution in [0.2, 0.25) is 0 Å². The van der Waals surface area contributed by atoms with Gasteiger partial charge < -0.3 is 20.0 Å². The number of rotatable bonds is 10. The van der Waals surface area contributed by atoms with Crippen molar-refractivity contribution in [3.8, 4) is 0 Å². The van der Waals surface area contributed by atoms with Gasteiger partial charge in [0.2, 0.25) is 0 Å². The number of nitro groups is 1. The number of carbonyl (C=O) groups is 2. The first-order valence-electron chi connectivity index (χ1n) is 15.0. The number of benzene rings is 3. The van der Waals surface area contributed by atoms with Crippen LogP contribution >= 0.6 is 0 Å². The second-order valence-electron chi connectivity index (χ2n) is 11.7. The van der Waals surface area contributed by atoms with E-state index in [1.807, 2.05) is 36.4 Å². The van der Waals surface area contributed by atoms with Gasteiger partial charge in [-0.3, -0.25) is 15.0 Å². The smallest absolute Gasteiger partial charge is 0.334 e. The van der Waals surface area contributed by atoms with Gasteiger partial charge in [0, 0.05) is 56.8 Å². The van der Waals surface area contributed by atoms with E-state index in [0.29, 0.717) is 31.0 Å². The molecule has 3 aromatic carbocycles. The van der Waals surface area contributed by atoms with Crippen LogP contribution in [0.1, 0.15) is 43.0 Å². The topological polar surface area (TPSA) is 127 Å². The molecule has 10 heteroatoms. The van der Waals surface area contributed by atoms with Gasteiger partial charge >= 0.3 is 11.9 Å². The van der Waals surface area contributed by atoms with E-state index in [2.05, 4.69) is 34.1 Å². The van der Waals surface area contributed by atoms with E-state index in [1.54, 1.807) is 31.9 Å². The summed E-state index contributed by atoms with van der Waals surface area (Å²) in [6.07, 6.45) is 0.126. The second kappa shape index (κ2) is 13.1. The Balaban J connectivity index is 1.49. The van der Waals surface area contributed by atoms with Crippen molar-refractivity contribution in [1.29, 1.82) is 0 Å². The molecular weight excluding hydrogens is 572 g/mol. The molecule has 0 atom stereocenters. The van der Waals surface area contributed by atoms with E-state index >= 15 is 0 Å². The zero-order valence-corrected chi connectivity index (χ0v) is 25.7. The molecule has 10 nitrogen and oxygen atoms in total. The summed E-state index contributed by atoms with van der Waals surface area (Å²) in [4.78, 5) is 43.4. The molecule has 2 aliphatic heterocycles. The monoisotopic (exact) mass is 610 g/mol. The summed E-state index contributed by atoms with van der Waals surface area (Å²) in [5, 5.41) is 32.9. The molecule has 1 saturated heterocycles. The summed E-state index contributed by atoms with van der Waals surface area (Å²) in [6.45, 7) is 6.60. The van der Waals surface area contributed by atoms with Crippen LogP contribution < -0.4 is 0 Å². The summed E-state index contributed by atoms with van der Waals surface area (Å²) in [5.74, 6) is -2.51. The molecule has 45 heavy (non-hydrogen) atoms. The quantitative estimate of drug-likeness (QED) is 0.232. The van der Waals surface area contributed by atoms with Crippen molar-refractivity contribution < 1.29 is 24.7 Å². The minimum atomic E-state index is -1.61. The molecule has 0 aromatic heterocycles. The number of hydrogen-bond donors (Lipinski definition) is 2. The van der Waals surface area contributed by atoms with Crippen LogP contribution in [0.15, 0.2) is 107 Å². The Hall–Kier alpha value is -4.80. The Labute approximate surface area is 262 Å². The third-order valence-electron chi connectivity index (χ3n) is 9.37. The Kier molecular flexibility index (Phi) is 9.17. The summed E-state index contributed by atoms with van der Waals surface area (Å²) in [7, 11) is 1.64. The molecule has 0 saturated carbocycles. The first-order valence-corrected chi connectivity index (χ1v) is 15.0. The number of non-ortho nitro benzene ring substituents is 1. The average Bonchev–Trinajstić information content (AvgIpc) is 3.04. The number of carboxylic acids is 2. The van der Waals surface area contributed by atoms with Crippen LogP contribution in [0.25, 0.3) is 0 Å². The Morgan fingerprint density at radius 2 is 1.33 bits per heavy atom. The highest BCUT2D eigenvalue weighted by atomic mass is 16.6. The summed E-state index contributed by atoms with van der Waals surface area (Å²) >= 11 is 0. The first kappa shape index (κ1) is 31.6. The van der Waals surface area contributed by atoms with E-state index in [-0.39, 0.29) is 34.9 Å². The van der Waals surface area contributed by atoms with Crippen molar-refractivity contribution >= 4 is 17.6 Å². The van der Waals surface area contributed by atoms with E-state index in [9.17, 15) is 29.9 Å². The third-order valence-corrected chi connectivity index (χ3v) is 9.37. The van der Waals surface area contributed by atoms with Crippen molar-refractivity contribution in [3.63, 3.8) is 0 Å². The van der Waals surface area contributed by atoms with Crippen LogP contribution in [-0.4, -0.2) is 81.5 Å².